The van der Waals surface area contributed by atoms with Crippen molar-refractivity contribution in [3.8, 4) is 23.0 Å². The number of phenolic OH excluding ortho intramolecular Hbond substituents is 3. The van der Waals surface area contributed by atoms with Crippen LogP contribution < -0.4 is 4.74 Å². The largest absolute Gasteiger partial charge is 0.508 e. The van der Waals surface area contributed by atoms with Gasteiger partial charge < -0.3 is 20.1 Å². The van der Waals surface area contributed by atoms with Crippen LogP contribution in [0, 0.1) is 0 Å². The van der Waals surface area contributed by atoms with Crippen molar-refractivity contribution in [1.82, 2.24) is 0 Å². The molecule has 20 heavy (non-hydrogen) atoms. The number of ether oxygens (including phenoxy) is 1. The molecule has 104 valence electrons. The average Bonchev–Trinajstić information content (AvgIpc) is 2.37. The molecule has 2 aromatic rings. The van der Waals surface area contributed by atoms with Crippen LogP contribution in [0.1, 0.15) is 24.5 Å². The van der Waals surface area contributed by atoms with Crippen LogP contribution in [0.3, 0.4) is 0 Å². The molecule has 0 aliphatic carbocycles. The summed E-state index contributed by atoms with van der Waals surface area (Å²) in [7, 11) is 0. The van der Waals surface area contributed by atoms with Gasteiger partial charge in [-0.05, 0) is 43.5 Å². The predicted molar refractivity (Wildman–Crippen MR) is 74.2 cm³/mol. The summed E-state index contributed by atoms with van der Waals surface area (Å²) in [5.41, 5.74) is 0.987. The molecule has 3 N–H and O–H groups in total. The second-order valence-electron chi connectivity index (χ2n) is 5.33. The Bertz CT molecular complexity index is 666. The molecule has 3 rings (SSSR count). The van der Waals surface area contributed by atoms with Gasteiger partial charge in [-0.2, -0.15) is 0 Å². The minimum Gasteiger partial charge on any atom is -0.508 e. The molecule has 0 spiro atoms. The lowest BCUT2D eigenvalue weighted by Crippen LogP contribution is -2.33. The first-order valence-electron chi connectivity index (χ1n) is 6.51. The summed E-state index contributed by atoms with van der Waals surface area (Å²) < 4.78 is 6.01. The van der Waals surface area contributed by atoms with Crippen LogP contribution in [0.25, 0.3) is 0 Å². The maximum Gasteiger partial charge on any atom is 0.135 e. The topological polar surface area (TPSA) is 69.9 Å². The molecule has 0 bridgehead atoms. The predicted octanol–water partition coefficient (Wildman–Crippen LogP) is 3.04. The number of aromatic hydroxyl groups is 3. The molecule has 0 fully saturated rings. The van der Waals surface area contributed by atoms with Crippen molar-refractivity contribution >= 4 is 0 Å². The van der Waals surface area contributed by atoms with E-state index >= 15 is 0 Å². The maximum absolute atomic E-state index is 10.0. The molecule has 1 unspecified atom stereocenters. The molecule has 1 heterocycles. The minimum atomic E-state index is -0.682. The van der Waals surface area contributed by atoms with E-state index in [0.717, 1.165) is 12.0 Å². The van der Waals surface area contributed by atoms with Gasteiger partial charge in [0.1, 0.15) is 28.6 Å². The van der Waals surface area contributed by atoms with Crippen LogP contribution in [0.15, 0.2) is 36.4 Å². The molecular weight excluding hydrogens is 256 g/mol. The zero-order valence-corrected chi connectivity index (χ0v) is 11.1. The van der Waals surface area contributed by atoms with Crippen LogP contribution in [0.4, 0.5) is 0 Å². The van der Waals surface area contributed by atoms with Crippen LogP contribution in [0.5, 0.6) is 23.0 Å². The zero-order valence-electron chi connectivity index (χ0n) is 11.1. The number of benzene rings is 2. The van der Waals surface area contributed by atoms with E-state index < -0.39 is 5.60 Å². The van der Waals surface area contributed by atoms with Gasteiger partial charge in [-0.25, -0.2) is 0 Å². The number of rotatable bonds is 1. The fourth-order valence-corrected chi connectivity index (χ4v) is 2.67. The Kier molecular flexibility index (Phi) is 2.74. The van der Waals surface area contributed by atoms with Crippen LogP contribution in [0.2, 0.25) is 0 Å². The van der Waals surface area contributed by atoms with Crippen molar-refractivity contribution in [2.24, 2.45) is 0 Å². The Morgan fingerprint density at radius 3 is 2.45 bits per heavy atom. The first-order valence-corrected chi connectivity index (χ1v) is 6.51. The van der Waals surface area contributed by atoms with Gasteiger partial charge >= 0.3 is 0 Å². The van der Waals surface area contributed by atoms with Crippen molar-refractivity contribution in [3.63, 3.8) is 0 Å². The Labute approximate surface area is 116 Å². The molecule has 4 heteroatoms. The van der Waals surface area contributed by atoms with E-state index in [1.807, 2.05) is 13.0 Å². The molecule has 0 saturated carbocycles. The van der Waals surface area contributed by atoms with Crippen molar-refractivity contribution in [3.05, 3.63) is 47.5 Å². The van der Waals surface area contributed by atoms with Crippen molar-refractivity contribution in [1.29, 1.82) is 0 Å². The van der Waals surface area contributed by atoms with E-state index in [4.69, 9.17) is 4.74 Å². The van der Waals surface area contributed by atoms with Crippen LogP contribution >= 0.6 is 0 Å². The van der Waals surface area contributed by atoms with Crippen molar-refractivity contribution < 1.29 is 20.1 Å². The van der Waals surface area contributed by atoms with Crippen LogP contribution in [-0.2, 0) is 12.0 Å². The van der Waals surface area contributed by atoms with Gasteiger partial charge in [0.25, 0.3) is 0 Å². The SMILES string of the molecule is CC1(c2ccc(O)cc2O)CCc2ccc(O)cc2O1. The average molecular weight is 272 g/mol. The van der Waals surface area contributed by atoms with Gasteiger partial charge in [-0.1, -0.05) is 6.07 Å². The van der Waals surface area contributed by atoms with Crippen molar-refractivity contribution in [2.45, 2.75) is 25.4 Å². The molecule has 0 aromatic heterocycles. The third-order valence-electron chi connectivity index (χ3n) is 3.81. The van der Waals surface area contributed by atoms with Gasteiger partial charge in [0.2, 0.25) is 0 Å². The van der Waals surface area contributed by atoms with Crippen LogP contribution in [-0.4, -0.2) is 15.3 Å². The van der Waals surface area contributed by atoms with Gasteiger partial charge in [0.05, 0.1) is 0 Å². The molecule has 2 aromatic carbocycles. The zero-order chi connectivity index (χ0) is 14.3. The first kappa shape index (κ1) is 12.7. The third kappa shape index (κ3) is 2.03. The highest BCUT2D eigenvalue weighted by Crippen LogP contribution is 2.43. The van der Waals surface area contributed by atoms with E-state index in [1.54, 1.807) is 18.2 Å². The highest BCUT2D eigenvalue weighted by Gasteiger charge is 2.35. The second kappa shape index (κ2) is 4.34. The number of hydrogen-bond donors (Lipinski definition) is 3. The van der Waals surface area contributed by atoms with Gasteiger partial charge in [0, 0.05) is 17.7 Å². The maximum atomic E-state index is 10.0. The van der Waals surface area contributed by atoms with Gasteiger partial charge in [0.15, 0.2) is 0 Å². The standard InChI is InChI=1S/C16H16O4/c1-16(13-5-4-11(17)8-14(13)19)7-6-10-2-3-12(18)9-15(10)20-16/h2-5,8-9,17-19H,6-7H2,1H3. The van der Waals surface area contributed by atoms with E-state index in [0.29, 0.717) is 17.7 Å². The van der Waals surface area contributed by atoms with E-state index in [9.17, 15) is 15.3 Å². The molecule has 0 saturated heterocycles. The molecular formula is C16H16O4. The van der Waals surface area contributed by atoms with Gasteiger partial charge in [-0.15, -0.1) is 0 Å². The number of fused-ring (bicyclic) bond motifs is 1. The van der Waals surface area contributed by atoms with E-state index in [2.05, 4.69) is 0 Å². The molecule has 1 aliphatic rings. The number of hydrogen-bond acceptors (Lipinski definition) is 4. The monoisotopic (exact) mass is 272 g/mol. The lowest BCUT2D eigenvalue weighted by atomic mass is 9.86. The fraction of sp³-hybridized carbons (Fsp3) is 0.250. The smallest absolute Gasteiger partial charge is 0.135 e. The fourth-order valence-electron chi connectivity index (χ4n) is 2.67. The summed E-state index contributed by atoms with van der Waals surface area (Å²) in [6.45, 7) is 1.89. The summed E-state index contributed by atoms with van der Waals surface area (Å²) >= 11 is 0. The molecule has 1 atom stereocenters. The first-order chi connectivity index (χ1) is 9.48. The minimum absolute atomic E-state index is 0.0103. The normalized spacial score (nSPS) is 21.1. The van der Waals surface area contributed by atoms with E-state index in [1.165, 1.54) is 12.1 Å². The Hall–Kier alpha value is -2.36. The molecule has 1 aliphatic heterocycles. The summed E-state index contributed by atoms with van der Waals surface area (Å²) in [6.07, 6.45) is 1.51. The molecule has 0 radical (unpaired) electrons. The third-order valence-corrected chi connectivity index (χ3v) is 3.81. The Morgan fingerprint density at radius 1 is 1.00 bits per heavy atom. The summed E-state index contributed by atoms with van der Waals surface area (Å²) in [4.78, 5) is 0. The second-order valence-corrected chi connectivity index (χ2v) is 5.33. The molecule has 0 amide bonds. The van der Waals surface area contributed by atoms with Crippen molar-refractivity contribution in [2.75, 3.05) is 0 Å². The summed E-state index contributed by atoms with van der Waals surface area (Å²) in [5, 5.41) is 29.0. The number of phenols is 3. The quantitative estimate of drug-likeness (QED) is 0.746. The van der Waals surface area contributed by atoms with Gasteiger partial charge in [-0.3, -0.25) is 0 Å². The highest BCUT2D eigenvalue weighted by molar-refractivity contribution is 5.47. The number of aryl methyl sites for hydroxylation is 1. The Morgan fingerprint density at radius 2 is 1.70 bits per heavy atom. The highest BCUT2D eigenvalue weighted by atomic mass is 16.5. The Balaban J connectivity index is 2.02. The molecule has 4 nitrogen and oxygen atoms in total. The summed E-state index contributed by atoms with van der Waals surface area (Å²) in [5.74, 6) is 0.814. The summed E-state index contributed by atoms with van der Waals surface area (Å²) in [6, 6.07) is 9.58. The lowest BCUT2D eigenvalue weighted by Gasteiger charge is -2.36. The lowest BCUT2D eigenvalue weighted by molar-refractivity contribution is 0.0597. The van der Waals surface area contributed by atoms with E-state index in [-0.39, 0.29) is 17.2 Å².